The minimum Gasteiger partial charge on any atom is -0.480 e. The Hall–Kier alpha value is -1.43. The van der Waals surface area contributed by atoms with Crippen LogP contribution in [0.2, 0.25) is 0 Å². The minimum absolute atomic E-state index is 0.274. The number of thiazole rings is 1. The van der Waals surface area contributed by atoms with Crippen molar-refractivity contribution in [3.05, 3.63) is 16.6 Å². The number of aliphatic carboxylic acids is 1. The molecule has 0 atom stereocenters. The molecule has 1 rings (SSSR count). The van der Waals surface area contributed by atoms with Crippen molar-refractivity contribution in [1.29, 1.82) is 0 Å². The molecule has 0 saturated heterocycles. The third kappa shape index (κ3) is 3.32. The van der Waals surface area contributed by atoms with E-state index in [1.54, 1.807) is 10.9 Å². The van der Waals surface area contributed by atoms with Crippen molar-refractivity contribution in [3.8, 4) is 0 Å². The van der Waals surface area contributed by atoms with Gasteiger partial charge in [-0.25, -0.2) is 4.98 Å². The number of carbonyl (C=O) groups is 2. The Kier molecular flexibility index (Phi) is 4.23. The van der Waals surface area contributed by atoms with Gasteiger partial charge in [0.25, 0.3) is 5.91 Å². The van der Waals surface area contributed by atoms with Gasteiger partial charge in [0.2, 0.25) is 0 Å². The highest BCUT2D eigenvalue weighted by atomic mass is 32.1. The number of hydrogen-bond acceptors (Lipinski definition) is 4. The van der Waals surface area contributed by atoms with Crippen LogP contribution in [0.4, 0.5) is 0 Å². The number of carboxylic acids is 1. The average Bonchev–Trinajstić information content (AvgIpc) is 2.68. The van der Waals surface area contributed by atoms with E-state index in [4.69, 9.17) is 5.11 Å². The molecule has 0 fully saturated rings. The molecule has 1 amide bonds. The van der Waals surface area contributed by atoms with E-state index in [9.17, 15) is 9.59 Å². The van der Waals surface area contributed by atoms with Gasteiger partial charge in [-0.3, -0.25) is 9.59 Å². The number of nitrogens with zero attached hydrogens (tertiary/aromatic N) is 2. The summed E-state index contributed by atoms with van der Waals surface area (Å²) in [5.41, 5.74) is 1.87. The molecule has 82 valence electrons. The molecule has 0 radical (unpaired) electrons. The molecule has 15 heavy (non-hydrogen) atoms. The van der Waals surface area contributed by atoms with E-state index in [0.29, 0.717) is 12.2 Å². The first-order chi connectivity index (χ1) is 7.15. The van der Waals surface area contributed by atoms with Crippen LogP contribution in [0.1, 0.15) is 23.8 Å². The lowest BCUT2D eigenvalue weighted by atomic mass is 10.3. The number of aromatic nitrogens is 1. The lowest BCUT2D eigenvalue weighted by molar-refractivity contribution is -0.137. The van der Waals surface area contributed by atoms with Crippen LogP contribution in [-0.2, 0) is 4.79 Å². The first-order valence-corrected chi connectivity index (χ1v) is 5.48. The van der Waals surface area contributed by atoms with Gasteiger partial charge in [-0.1, -0.05) is 6.92 Å². The SMILES string of the molecule is CCCN(CC(=O)O)C(=O)c1cscn1. The Morgan fingerprint density at radius 3 is 2.80 bits per heavy atom. The van der Waals surface area contributed by atoms with Gasteiger partial charge in [-0.15, -0.1) is 11.3 Å². The largest absolute Gasteiger partial charge is 0.480 e. The summed E-state index contributed by atoms with van der Waals surface area (Å²) in [5, 5.41) is 10.3. The minimum atomic E-state index is -1.01. The van der Waals surface area contributed by atoms with Crippen molar-refractivity contribution in [2.45, 2.75) is 13.3 Å². The molecule has 0 aliphatic carbocycles. The second-order valence-electron chi connectivity index (χ2n) is 2.99. The van der Waals surface area contributed by atoms with Crippen molar-refractivity contribution in [3.63, 3.8) is 0 Å². The van der Waals surface area contributed by atoms with E-state index >= 15 is 0 Å². The van der Waals surface area contributed by atoms with Crippen molar-refractivity contribution < 1.29 is 14.7 Å². The van der Waals surface area contributed by atoms with E-state index < -0.39 is 5.97 Å². The topological polar surface area (TPSA) is 70.5 Å². The van der Waals surface area contributed by atoms with Crippen LogP contribution in [-0.4, -0.2) is 40.0 Å². The van der Waals surface area contributed by atoms with E-state index in [0.717, 1.165) is 6.42 Å². The van der Waals surface area contributed by atoms with Gasteiger partial charge < -0.3 is 10.0 Å². The van der Waals surface area contributed by atoms with Gasteiger partial charge in [-0.2, -0.15) is 0 Å². The lowest BCUT2D eigenvalue weighted by Crippen LogP contribution is -2.36. The number of carbonyl (C=O) groups excluding carboxylic acids is 1. The number of amides is 1. The molecular weight excluding hydrogens is 216 g/mol. The van der Waals surface area contributed by atoms with Gasteiger partial charge in [0.05, 0.1) is 5.51 Å². The Bertz CT molecular complexity index is 337. The Morgan fingerprint density at radius 1 is 1.60 bits per heavy atom. The summed E-state index contributed by atoms with van der Waals surface area (Å²) in [6, 6.07) is 0. The fraction of sp³-hybridized carbons (Fsp3) is 0.444. The van der Waals surface area contributed by atoms with E-state index in [-0.39, 0.29) is 12.5 Å². The Labute approximate surface area is 91.4 Å². The summed E-state index contributed by atoms with van der Waals surface area (Å²) in [6.45, 7) is 2.05. The molecule has 0 aliphatic rings. The second kappa shape index (κ2) is 5.45. The Morgan fingerprint density at radius 2 is 2.33 bits per heavy atom. The normalized spacial score (nSPS) is 9.93. The van der Waals surface area contributed by atoms with Gasteiger partial charge in [-0.05, 0) is 6.42 Å². The first-order valence-electron chi connectivity index (χ1n) is 4.54. The van der Waals surface area contributed by atoms with E-state index in [2.05, 4.69) is 4.98 Å². The lowest BCUT2D eigenvalue weighted by Gasteiger charge is -2.18. The quantitative estimate of drug-likeness (QED) is 0.818. The van der Waals surface area contributed by atoms with E-state index in [1.807, 2.05) is 6.92 Å². The first kappa shape index (κ1) is 11.6. The predicted octanol–water partition coefficient (Wildman–Crippen LogP) is 1.08. The van der Waals surface area contributed by atoms with Crippen LogP contribution in [0, 0.1) is 0 Å². The zero-order valence-corrected chi connectivity index (χ0v) is 9.16. The van der Waals surface area contributed by atoms with Gasteiger partial charge >= 0.3 is 5.97 Å². The fourth-order valence-electron chi connectivity index (χ4n) is 1.17. The molecule has 0 unspecified atom stereocenters. The summed E-state index contributed by atoms with van der Waals surface area (Å²) in [4.78, 5) is 27.4. The molecule has 0 aromatic carbocycles. The van der Waals surface area contributed by atoms with Crippen LogP contribution in [0.25, 0.3) is 0 Å². The molecular formula is C9H12N2O3S. The highest BCUT2D eigenvalue weighted by molar-refractivity contribution is 7.07. The van der Waals surface area contributed by atoms with Gasteiger partial charge in [0.15, 0.2) is 0 Å². The third-order valence-corrected chi connectivity index (χ3v) is 2.34. The van der Waals surface area contributed by atoms with Crippen molar-refractivity contribution in [2.75, 3.05) is 13.1 Å². The van der Waals surface area contributed by atoms with Gasteiger partial charge in [0.1, 0.15) is 12.2 Å². The standard InChI is InChI=1S/C9H12N2O3S/c1-2-3-11(4-8(12)13)9(14)7-5-15-6-10-7/h5-6H,2-4H2,1H3,(H,12,13). The highest BCUT2D eigenvalue weighted by Crippen LogP contribution is 2.06. The molecule has 0 bridgehead atoms. The number of carboxylic acid groups (broad SMARTS) is 1. The van der Waals surface area contributed by atoms with Crippen LogP contribution in [0.3, 0.4) is 0 Å². The summed E-state index contributed by atoms with van der Waals surface area (Å²) in [7, 11) is 0. The highest BCUT2D eigenvalue weighted by Gasteiger charge is 2.18. The molecule has 0 saturated carbocycles. The summed E-state index contributed by atoms with van der Waals surface area (Å²) in [6.07, 6.45) is 0.725. The molecule has 1 heterocycles. The molecule has 6 heteroatoms. The van der Waals surface area contributed by atoms with Crippen LogP contribution in [0.5, 0.6) is 0 Å². The zero-order valence-electron chi connectivity index (χ0n) is 8.34. The third-order valence-electron chi connectivity index (χ3n) is 1.76. The predicted molar refractivity (Wildman–Crippen MR) is 55.9 cm³/mol. The molecule has 1 N–H and O–H groups in total. The van der Waals surface area contributed by atoms with Crippen molar-refractivity contribution in [2.24, 2.45) is 0 Å². The Balaban J connectivity index is 2.71. The summed E-state index contributed by atoms with van der Waals surface area (Å²) >= 11 is 1.32. The molecule has 0 spiro atoms. The molecule has 0 aliphatic heterocycles. The summed E-state index contributed by atoms with van der Waals surface area (Å²) < 4.78 is 0. The smallest absolute Gasteiger partial charge is 0.323 e. The maximum Gasteiger partial charge on any atom is 0.323 e. The second-order valence-corrected chi connectivity index (χ2v) is 3.71. The average molecular weight is 228 g/mol. The summed E-state index contributed by atoms with van der Waals surface area (Å²) in [5.74, 6) is -1.33. The zero-order chi connectivity index (χ0) is 11.3. The number of rotatable bonds is 5. The van der Waals surface area contributed by atoms with Crippen LogP contribution >= 0.6 is 11.3 Å². The number of hydrogen-bond donors (Lipinski definition) is 1. The maximum atomic E-state index is 11.7. The van der Waals surface area contributed by atoms with Crippen molar-refractivity contribution >= 4 is 23.2 Å². The molecule has 1 aromatic heterocycles. The van der Waals surface area contributed by atoms with Crippen LogP contribution in [0.15, 0.2) is 10.9 Å². The van der Waals surface area contributed by atoms with E-state index in [1.165, 1.54) is 16.2 Å². The van der Waals surface area contributed by atoms with Crippen LogP contribution < -0.4 is 0 Å². The molecule has 1 aromatic rings. The fourth-order valence-corrected chi connectivity index (χ4v) is 1.69. The molecule has 5 nitrogen and oxygen atoms in total. The maximum absolute atomic E-state index is 11.7. The van der Waals surface area contributed by atoms with Gasteiger partial charge in [0, 0.05) is 11.9 Å². The van der Waals surface area contributed by atoms with Crippen molar-refractivity contribution in [1.82, 2.24) is 9.88 Å². The monoisotopic (exact) mass is 228 g/mol.